The number of fused-ring (bicyclic) bond motifs is 1. The summed E-state index contributed by atoms with van der Waals surface area (Å²) in [7, 11) is 0. The lowest BCUT2D eigenvalue weighted by atomic mass is 10.1. The molecule has 0 saturated carbocycles. The van der Waals surface area contributed by atoms with Crippen LogP contribution in [0.1, 0.15) is 24.2 Å². The Morgan fingerprint density at radius 2 is 2.21 bits per heavy atom. The normalized spacial score (nSPS) is 18.2. The van der Waals surface area contributed by atoms with Crippen molar-refractivity contribution < 1.29 is 0 Å². The minimum atomic E-state index is 0.439. The maximum Gasteiger partial charge on any atom is 0.155 e. The molecule has 1 aliphatic heterocycles. The molecule has 3 aromatic rings. The summed E-state index contributed by atoms with van der Waals surface area (Å²) in [6.07, 6.45) is 9.77. The number of nitrogens with zero attached hydrogens (tertiary/aromatic N) is 6. The van der Waals surface area contributed by atoms with Gasteiger partial charge in [-0.05, 0) is 31.9 Å². The van der Waals surface area contributed by atoms with Crippen LogP contribution in [-0.4, -0.2) is 43.7 Å². The third-order valence-corrected chi connectivity index (χ3v) is 4.49. The number of aromatic nitrogens is 5. The fraction of sp³-hybridized carbons (Fsp3) is 0.412. The number of nitrogens with one attached hydrogen (secondary N) is 1. The third-order valence-electron chi connectivity index (χ3n) is 4.49. The van der Waals surface area contributed by atoms with Crippen LogP contribution in [0.3, 0.4) is 0 Å². The maximum atomic E-state index is 4.38. The highest BCUT2D eigenvalue weighted by Gasteiger charge is 2.21. The molecular formula is C17H21N7. The summed E-state index contributed by atoms with van der Waals surface area (Å²) in [6, 6.07) is 4.52. The van der Waals surface area contributed by atoms with E-state index in [4.69, 9.17) is 0 Å². The van der Waals surface area contributed by atoms with Crippen molar-refractivity contribution in [3.63, 3.8) is 0 Å². The van der Waals surface area contributed by atoms with Crippen molar-refractivity contribution in [1.29, 1.82) is 0 Å². The monoisotopic (exact) mass is 323 g/mol. The van der Waals surface area contributed by atoms with E-state index in [9.17, 15) is 0 Å². The van der Waals surface area contributed by atoms with Gasteiger partial charge >= 0.3 is 0 Å². The van der Waals surface area contributed by atoms with Gasteiger partial charge in [0, 0.05) is 38.1 Å². The van der Waals surface area contributed by atoms with E-state index in [0.717, 1.165) is 48.9 Å². The fourth-order valence-electron chi connectivity index (χ4n) is 3.19. The molecule has 4 rings (SSSR count). The molecule has 1 fully saturated rings. The molecule has 124 valence electrons. The molecule has 0 aliphatic carbocycles. The zero-order chi connectivity index (χ0) is 16.4. The van der Waals surface area contributed by atoms with Crippen LogP contribution >= 0.6 is 0 Å². The number of aryl methyl sites for hydroxylation is 1. The molecule has 0 bridgehead atoms. The summed E-state index contributed by atoms with van der Waals surface area (Å²) in [5.74, 6) is 0.966. The zero-order valence-corrected chi connectivity index (χ0v) is 13.8. The first-order valence-electron chi connectivity index (χ1n) is 8.34. The summed E-state index contributed by atoms with van der Waals surface area (Å²) < 4.78 is 2.08. The molecule has 1 unspecified atom stereocenters. The van der Waals surface area contributed by atoms with E-state index >= 15 is 0 Å². The first-order valence-corrected chi connectivity index (χ1v) is 8.34. The van der Waals surface area contributed by atoms with Crippen LogP contribution in [0.15, 0.2) is 36.9 Å². The Morgan fingerprint density at radius 3 is 3.08 bits per heavy atom. The average Bonchev–Trinajstić information content (AvgIpc) is 3.04. The van der Waals surface area contributed by atoms with Crippen molar-refractivity contribution in [2.75, 3.05) is 18.0 Å². The van der Waals surface area contributed by atoms with Gasteiger partial charge in [0.2, 0.25) is 0 Å². The molecule has 4 heterocycles. The number of piperidine rings is 1. The van der Waals surface area contributed by atoms with Gasteiger partial charge < -0.3 is 10.2 Å². The van der Waals surface area contributed by atoms with Gasteiger partial charge in [0.1, 0.15) is 0 Å². The van der Waals surface area contributed by atoms with Crippen molar-refractivity contribution >= 4 is 11.5 Å². The van der Waals surface area contributed by atoms with E-state index < -0.39 is 0 Å². The number of hydrogen-bond acceptors (Lipinski definition) is 6. The Labute approximate surface area is 140 Å². The van der Waals surface area contributed by atoms with E-state index in [2.05, 4.69) is 40.8 Å². The molecule has 7 nitrogen and oxygen atoms in total. The van der Waals surface area contributed by atoms with E-state index in [-0.39, 0.29) is 0 Å². The quantitative estimate of drug-likeness (QED) is 0.786. The van der Waals surface area contributed by atoms with Gasteiger partial charge in [-0.15, -0.1) is 5.10 Å². The van der Waals surface area contributed by atoms with Crippen LogP contribution in [0.25, 0.3) is 5.65 Å². The molecule has 1 saturated heterocycles. The number of anilines is 1. The average molecular weight is 323 g/mol. The van der Waals surface area contributed by atoms with Gasteiger partial charge in [-0.1, -0.05) is 0 Å². The Morgan fingerprint density at radius 1 is 1.25 bits per heavy atom. The number of rotatable bonds is 4. The van der Waals surface area contributed by atoms with Crippen LogP contribution in [0.4, 0.5) is 5.82 Å². The minimum absolute atomic E-state index is 0.439. The first-order chi connectivity index (χ1) is 11.8. The van der Waals surface area contributed by atoms with E-state index in [0.29, 0.717) is 6.04 Å². The standard InChI is InChI=1S/C17H21N7/c1-13-4-5-16(22-21-13)23-7-2-3-14(12-23)19-9-15-10-20-17-11-18-6-8-24(15)17/h4-6,8,10-11,14,19H,2-3,7,9,12H2,1H3. The van der Waals surface area contributed by atoms with E-state index in [1.165, 1.54) is 6.42 Å². The largest absolute Gasteiger partial charge is 0.354 e. The van der Waals surface area contributed by atoms with Crippen molar-refractivity contribution in [3.8, 4) is 0 Å². The second-order valence-corrected chi connectivity index (χ2v) is 6.25. The number of hydrogen-bond donors (Lipinski definition) is 1. The van der Waals surface area contributed by atoms with Gasteiger partial charge in [0.25, 0.3) is 0 Å². The highest BCUT2D eigenvalue weighted by molar-refractivity contribution is 5.38. The zero-order valence-electron chi connectivity index (χ0n) is 13.8. The van der Waals surface area contributed by atoms with Crippen LogP contribution in [0.2, 0.25) is 0 Å². The van der Waals surface area contributed by atoms with Crippen molar-refractivity contribution in [1.82, 2.24) is 29.9 Å². The molecule has 1 N–H and O–H groups in total. The molecule has 3 aromatic heterocycles. The Hall–Kier alpha value is -2.54. The molecule has 0 amide bonds. The summed E-state index contributed by atoms with van der Waals surface area (Å²) in [5.41, 5.74) is 2.99. The SMILES string of the molecule is Cc1ccc(N2CCCC(NCc3cnc4cnccn34)C2)nn1. The molecule has 0 spiro atoms. The van der Waals surface area contributed by atoms with Crippen LogP contribution in [0.5, 0.6) is 0 Å². The highest BCUT2D eigenvalue weighted by atomic mass is 15.3. The lowest BCUT2D eigenvalue weighted by Gasteiger charge is -2.33. The van der Waals surface area contributed by atoms with Crippen LogP contribution in [0, 0.1) is 6.92 Å². The molecule has 7 heteroatoms. The third kappa shape index (κ3) is 3.07. The molecule has 0 aromatic carbocycles. The summed E-state index contributed by atoms with van der Waals surface area (Å²) in [6.45, 7) is 4.75. The Balaban J connectivity index is 1.40. The highest BCUT2D eigenvalue weighted by Crippen LogP contribution is 2.17. The van der Waals surface area contributed by atoms with Crippen molar-refractivity contribution in [2.45, 2.75) is 32.4 Å². The smallest absolute Gasteiger partial charge is 0.155 e. The first kappa shape index (κ1) is 15.0. The van der Waals surface area contributed by atoms with Gasteiger partial charge in [0.05, 0.1) is 23.8 Å². The summed E-state index contributed by atoms with van der Waals surface area (Å²) in [4.78, 5) is 10.8. The molecule has 0 radical (unpaired) electrons. The van der Waals surface area contributed by atoms with Crippen LogP contribution < -0.4 is 10.2 Å². The second kappa shape index (κ2) is 6.52. The molecule has 1 aliphatic rings. The lowest BCUT2D eigenvalue weighted by molar-refractivity contribution is 0.417. The number of imidazole rings is 1. The molecule has 1 atom stereocenters. The lowest BCUT2D eigenvalue weighted by Crippen LogP contribution is -2.46. The maximum absolute atomic E-state index is 4.38. The summed E-state index contributed by atoms with van der Waals surface area (Å²) >= 11 is 0. The second-order valence-electron chi connectivity index (χ2n) is 6.25. The van der Waals surface area contributed by atoms with Gasteiger partial charge in [-0.2, -0.15) is 5.10 Å². The van der Waals surface area contributed by atoms with Gasteiger partial charge in [-0.3, -0.25) is 9.38 Å². The van der Waals surface area contributed by atoms with E-state index in [1.54, 1.807) is 12.4 Å². The topological polar surface area (TPSA) is 71.2 Å². The minimum Gasteiger partial charge on any atom is -0.354 e. The van der Waals surface area contributed by atoms with Crippen molar-refractivity contribution in [2.24, 2.45) is 0 Å². The predicted molar refractivity (Wildman–Crippen MR) is 91.8 cm³/mol. The molecular weight excluding hydrogens is 302 g/mol. The fourth-order valence-corrected chi connectivity index (χ4v) is 3.19. The van der Waals surface area contributed by atoms with Crippen molar-refractivity contribution in [3.05, 3.63) is 48.3 Å². The predicted octanol–water partition coefficient (Wildman–Crippen LogP) is 1.59. The van der Waals surface area contributed by atoms with E-state index in [1.807, 2.05) is 25.4 Å². The van der Waals surface area contributed by atoms with Gasteiger partial charge in [-0.25, -0.2) is 4.98 Å². The Bertz CT molecular complexity index is 811. The van der Waals surface area contributed by atoms with Crippen LogP contribution in [-0.2, 0) is 6.54 Å². The van der Waals surface area contributed by atoms with Gasteiger partial charge in [0.15, 0.2) is 11.5 Å². The summed E-state index contributed by atoms with van der Waals surface area (Å²) in [5, 5.41) is 12.1. The Kier molecular flexibility index (Phi) is 4.08. The molecule has 24 heavy (non-hydrogen) atoms.